The third kappa shape index (κ3) is 2.99. The molecule has 0 N–H and O–H groups in total. The number of hydrogen-bond acceptors (Lipinski definition) is 1. The molecule has 1 aliphatic heterocycles. The van der Waals surface area contributed by atoms with Gasteiger partial charge >= 0.3 is 0 Å². The molecule has 0 saturated carbocycles. The molecule has 2 heteroatoms. The monoisotopic (exact) mass is 235 g/mol. The Hall–Kier alpha value is -1.05. The van der Waals surface area contributed by atoms with Crippen molar-refractivity contribution in [2.24, 2.45) is 17.8 Å². The lowest BCUT2D eigenvalue weighted by atomic mass is 9.81. The standard InChI is InChI=1S/C15H25NO/c1-10(2)13-8-7-9-16(12(5)6)15(17)14(13)11(3)4/h7-12,14H,1-6H3. The quantitative estimate of drug-likeness (QED) is 0.732. The van der Waals surface area contributed by atoms with Crippen molar-refractivity contribution < 1.29 is 4.79 Å². The number of carbonyl (C=O) groups is 1. The van der Waals surface area contributed by atoms with Crippen molar-refractivity contribution in [2.45, 2.75) is 47.6 Å². The molecule has 1 aliphatic rings. The minimum absolute atomic E-state index is 0.0207. The summed E-state index contributed by atoms with van der Waals surface area (Å²) in [5.74, 6) is 1.02. The summed E-state index contributed by atoms with van der Waals surface area (Å²) in [6.07, 6.45) is 6.04. The van der Waals surface area contributed by atoms with Crippen LogP contribution in [0.5, 0.6) is 0 Å². The van der Waals surface area contributed by atoms with Crippen LogP contribution in [0.25, 0.3) is 0 Å². The highest BCUT2D eigenvalue weighted by molar-refractivity contribution is 5.84. The van der Waals surface area contributed by atoms with Gasteiger partial charge < -0.3 is 4.90 Å². The summed E-state index contributed by atoms with van der Waals surface area (Å²) in [6, 6.07) is 0.222. The van der Waals surface area contributed by atoms with E-state index in [4.69, 9.17) is 0 Å². The van der Waals surface area contributed by atoms with Gasteiger partial charge in [-0.25, -0.2) is 0 Å². The van der Waals surface area contributed by atoms with Crippen LogP contribution in [-0.2, 0) is 4.79 Å². The van der Waals surface area contributed by atoms with Crippen molar-refractivity contribution in [2.75, 3.05) is 0 Å². The lowest BCUT2D eigenvalue weighted by Crippen LogP contribution is -2.39. The Morgan fingerprint density at radius 3 is 2.12 bits per heavy atom. The lowest BCUT2D eigenvalue weighted by molar-refractivity contribution is -0.134. The van der Waals surface area contributed by atoms with Crippen LogP contribution in [0, 0.1) is 17.8 Å². The van der Waals surface area contributed by atoms with Gasteiger partial charge in [-0.15, -0.1) is 0 Å². The highest BCUT2D eigenvalue weighted by Crippen LogP contribution is 2.31. The number of allylic oxidation sites excluding steroid dienone is 2. The molecule has 17 heavy (non-hydrogen) atoms. The second kappa shape index (κ2) is 5.52. The zero-order valence-electron chi connectivity index (χ0n) is 11.9. The lowest BCUT2D eigenvalue weighted by Gasteiger charge is -2.30. The summed E-state index contributed by atoms with van der Waals surface area (Å²) >= 11 is 0. The summed E-state index contributed by atoms with van der Waals surface area (Å²) in [5, 5.41) is 0. The summed E-state index contributed by atoms with van der Waals surface area (Å²) in [6.45, 7) is 12.7. The van der Waals surface area contributed by atoms with Gasteiger partial charge in [0.25, 0.3) is 0 Å². The molecule has 0 aliphatic carbocycles. The van der Waals surface area contributed by atoms with Crippen molar-refractivity contribution >= 4 is 5.91 Å². The molecule has 0 radical (unpaired) electrons. The van der Waals surface area contributed by atoms with Gasteiger partial charge in [-0.2, -0.15) is 0 Å². The van der Waals surface area contributed by atoms with E-state index in [0.29, 0.717) is 11.8 Å². The smallest absolute Gasteiger partial charge is 0.234 e. The zero-order valence-corrected chi connectivity index (χ0v) is 11.9. The molecule has 2 nitrogen and oxygen atoms in total. The van der Waals surface area contributed by atoms with Gasteiger partial charge in [0, 0.05) is 12.2 Å². The van der Waals surface area contributed by atoms with E-state index in [2.05, 4.69) is 47.6 Å². The first-order valence-corrected chi connectivity index (χ1v) is 6.56. The maximum Gasteiger partial charge on any atom is 0.234 e. The van der Waals surface area contributed by atoms with E-state index in [9.17, 15) is 4.79 Å². The molecule has 1 heterocycles. The zero-order chi connectivity index (χ0) is 13.2. The molecule has 0 saturated heterocycles. The predicted molar refractivity (Wildman–Crippen MR) is 72.4 cm³/mol. The van der Waals surface area contributed by atoms with Gasteiger partial charge in [-0.3, -0.25) is 4.79 Å². The van der Waals surface area contributed by atoms with E-state index >= 15 is 0 Å². The van der Waals surface area contributed by atoms with Crippen molar-refractivity contribution in [3.8, 4) is 0 Å². The van der Waals surface area contributed by atoms with Gasteiger partial charge in [-0.05, 0) is 31.8 Å². The first kappa shape index (κ1) is 14.0. The molecule has 1 rings (SSSR count). The van der Waals surface area contributed by atoms with Crippen LogP contribution in [0.1, 0.15) is 41.5 Å². The van der Waals surface area contributed by atoms with E-state index in [1.54, 1.807) is 0 Å². The minimum atomic E-state index is 0.0207. The van der Waals surface area contributed by atoms with Crippen LogP contribution in [0.4, 0.5) is 0 Å². The molecule has 0 fully saturated rings. The number of carbonyl (C=O) groups excluding carboxylic acids is 1. The largest absolute Gasteiger partial charge is 0.316 e. The topological polar surface area (TPSA) is 20.3 Å². The SMILES string of the molecule is CC(C)C1=CC=CN(C(C)C)C(=O)C1C(C)C. The molecule has 1 atom stereocenters. The maximum absolute atomic E-state index is 12.6. The third-order valence-corrected chi connectivity index (χ3v) is 3.30. The Labute approximate surface area is 105 Å². The third-order valence-electron chi connectivity index (χ3n) is 3.30. The van der Waals surface area contributed by atoms with Gasteiger partial charge in [0.05, 0.1) is 5.92 Å². The molecule has 0 bridgehead atoms. The normalized spacial score (nSPS) is 21.5. The first-order valence-electron chi connectivity index (χ1n) is 6.56. The van der Waals surface area contributed by atoms with Gasteiger partial charge in [-0.1, -0.05) is 39.3 Å². The second-order valence-corrected chi connectivity index (χ2v) is 5.72. The predicted octanol–water partition coefficient (Wildman–Crippen LogP) is 3.61. The Kier molecular flexibility index (Phi) is 4.55. The van der Waals surface area contributed by atoms with Crippen LogP contribution >= 0.6 is 0 Å². The van der Waals surface area contributed by atoms with Crippen LogP contribution in [0.2, 0.25) is 0 Å². The van der Waals surface area contributed by atoms with Crippen molar-refractivity contribution in [3.05, 3.63) is 23.9 Å². The van der Waals surface area contributed by atoms with Crippen molar-refractivity contribution in [1.29, 1.82) is 0 Å². The molecule has 0 aromatic rings. The highest BCUT2D eigenvalue weighted by atomic mass is 16.2. The van der Waals surface area contributed by atoms with Crippen LogP contribution in [0.3, 0.4) is 0 Å². The van der Waals surface area contributed by atoms with E-state index in [-0.39, 0.29) is 17.9 Å². The number of rotatable bonds is 3. The molecule has 0 aromatic carbocycles. The van der Waals surface area contributed by atoms with Crippen molar-refractivity contribution in [3.63, 3.8) is 0 Å². The van der Waals surface area contributed by atoms with Gasteiger partial charge in [0.2, 0.25) is 5.91 Å². The fraction of sp³-hybridized carbons (Fsp3) is 0.667. The minimum Gasteiger partial charge on any atom is -0.316 e. The summed E-state index contributed by atoms with van der Waals surface area (Å²) in [7, 11) is 0. The number of nitrogens with zero attached hydrogens (tertiary/aromatic N) is 1. The Morgan fingerprint density at radius 1 is 1.12 bits per heavy atom. The Bertz CT molecular complexity index is 337. The average molecular weight is 235 g/mol. The summed E-state index contributed by atoms with van der Waals surface area (Å²) in [4.78, 5) is 14.4. The summed E-state index contributed by atoms with van der Waals surface area (Å²) < 4.78 is 0. The Balaban J connectivity index is 3.12. The van der Waals surface area contributed by atoms with Crippen LogP contribution in [0.15, 0.2) is 23.9 Å². The molecule has 0 spiro atoms. The molecule has 1 amide bonds. The van der Waals surface area contributed by atoms with E-state index < -0.39 is 0 Å². The molecule has 0 aromatic heterocycles. The number of hydrogen-bond donors (Lipinski definition) is 0. The van der Waals surface area contributed by atoms with Crippen LogP contribution in [-0.4, -0.2) is 16.8 Å². The Morgan fingerprint density at radius 2 is 1.71 bits per heavy atom. The van der Waals surface area contributed by atoms with E-state index in [0.717, 1.165) is 0 Å². The first-order chi connectivity index (χ1) is 7.86. The average Bonchev–Trinajstić information content (AvgIpc) is 2.36. The fourth-order valence-corrected chi connectivity index (χ4v) is 2.38. The fourth-order valence-electron chi connectivity index (χ4n) is 2.38. The maximum atomic E-state index is 12.6. The van der Waals surface area contributed by atoms with E-state index in [1.807, 2.05) is 17.2 Å². The number of amides is 1. The van der Waals surface area contributed by atoms with Gasteiger partial charge in [0.1, 0.15) is 0 Å². The van der Waals surface area contributed by atoms with E-state index in [1.165, 1.54) is 5.57 Å². The summed E-state index contributed by atoms with van der Waals surface area (Å²) in [5.41, 5.74) is 1.25. The van der Waals surface area contributed by atoms with Gasteiger partial charge in [0.15, 0.2) is 0 Å². The molecular formula is C15H25NO. The molecule has 1 unspecified atom stereocenters. The highest BCUT2D eigenvalue weighted by Gasteiger charge is 2.32. The molecule has 96 valence electrons. The second-order valence-electron chi connectivity index (χ2n) is 5.72. The van der Waals surface area contributed by atoms with Crippen LogP contribution < -0.4 is 0 Å². The van der Waals surface area contributed by atoms with Crippen molar-refractivity contribution in [1.82, 2.24) is 4.90 Å². The molecular weight excluding hydrogens is 210 g/mol.